The zero-order valence-electron chi connectivity index (χ0n) is 16.0. The van der Waals surface area contributed by atoms with Crippen molar-refractivity contribution in [1.29, 1.82) is 0 Å². The first kappa shape index (κ1) is 16.5. The summed E-state index contributed by atoms with van der Waals surface area (Å²) in [5.41, 5.74) is 1.47. The first-order valence-electron chi connectivity index (χ1n) is 9.77. The normalized spacial score (nSPS) is 19.9. The Morgan fingerprint density at radius 3 is 2.81 bits per heavy atom. The van der Waals surface area contributed by atoms with Gasteiger partial charge in [0.2, 0.25) is 0 Å². The van der Waals surface area contributed by atoms with Crippen molar-refractivity contribution in [1.82, 2.24) is 33.8 Å². The number of imidazole rings is 1. The van der Waals surface area contributed by atoms with Crippen molar-refractivity contribution in [2.45, 2.75) is 51.6 Å². The van der Waals surface area contributed by atoms with E-state index in [0.717, 1.165) is 23.7 Å². The second kappa shape index (κ2) is 5.94. The van der Waals surface area contributed by atoms with Crippen LogP contribution < -0.4 is 0 Å². The smallest absolute Gasteiger partial charge is 0.259 e. The van der Waals surface area contributed by atoms with Crippen LogP contribution in [0, 0.1) is 5.92 Å². The molecule has 1 amide bonds. The topological polar surface area (TPSA) is 73.2 Å². The molecule has 142 valence electrons. The number of fused-ring (bicyclic) bond motifs is 2. The molecule has 0 aromatic carbocycles. The van der Waals surface area contributed by atoms with Gasteiger partial charge in [0.1, 0.15) is 17.0 Å². The molecule has 1 fully saturated rings. The van der Waals surface area contributed by atoms with Gasteiger partial charge in [0.25, 0.3) is 5.91 Å². The molecule has 0 bridgehead atoms. The van der Waals surface area contributed by atoms with E-state index in [-0.39, 0.29) is 11.9 Å². The van der Waals surface area contributed by atoms with Crippen molar-refractivity contribution in [3.8, 4) is 0 Å². The van der Waals surface area contributed by atoms with Crippen molar-refractivity contribution < 1.29 is 4.79 Å². The van der Waals surface area contributed by atoms with E-state index in [4.69, 9.17) is 10.1 Å². The lowest BCUT2D eigenvalue weighted by atomic mass is 9.99. The van der Waals surface area contributed by atoms with Gasteiger partial charge in [0, 0.05) is 31.9 Å². The van der Waals surface area contributed by atoms with Gasteiger partial charge in [0.15, 0.2) is 5.82 Å². The fourth-order valence-corrected chi connectivity index (χ4v) is 4.07. The van der Waals surface area contributed by atoms with E-state index in [2.05, 4.69) is 18.9 Å². The molecule has 0 spiro atoms. The third-order valence-corrected chi connectivity index (χ3v) is 5.61. The zero-order valence-corrected chi connectivity index (χ0v) is 16.0. The number of hydrogen-bond donors (Lipinski definition) is 0. The van der Waals surface area contributed by atoms with E-state index in [9.17, 15) is 4.79 Å². The molecule has 3 aromatic rings. The Labute approximate surface area is 157 Å². The molecule has 5 rings (SSSR count). The number of rotatable bonds is 4. The molecule has 8 heteroatoms. The first-order chi connectivity index (χ1) is 13.0. The Hall–Kier alpha value is -2.64. The average molecular weight is 367 g/mol. The van der Waals surface area contributed by atoms with Crippen molar-refractivity contribution in [2.75, 3.05) is 6.54 Å². The molecular formula is C19H25N7O. The molecule has 3 aromatic heterocycles. The van der Waals surface area contributed by atoms with Crippen LogP contribution in [0.2, 0.25) is 0 Å². The van der Waals surface area contributed by atoms with E-state index >= 15 is 0 Å². The zero-order chi connectivity index (χ0) is 18.7. The van der Waals surface area contributed by atoms with Crippen LogP contribution >= 0.6 is 0 Å². The van der Waals surface area contributed by atoms with Crippen LogP contribution in [0.4, 0.5) is 0 Å². The monoisotopic (exact) mass is 367 g/mol. The summed E-state index contributed by atoms with van der Waals surface area (Å²) in [6, 6.07) is -0.0403. The van der Waals surface area contributed by atoms with Crippen LogP contribution in [0.3, 0.4) is 0 Å². The molecule has 4 heterocycles. The highest BCUT2D eigenvalue weighted by Gasteiger charge is 2.38. The van der Waals surface area contributed by atoms with Crippen LogP contribution in [0.5, 0.6) is 0 Å². The first-order valence-corrected chi connectivity index (χ1v) is 9.77. The Morgan fingerprint density at radius 2 is 2.07 bits per heavy atom. The molecule has 27 heavy (non-hydrogen) atoms. The molecule has 1 aliphatic carbocycles. The summed E-state index contributed by atoms with van der Waals surface area (Å²) in [5.74, 6) is 2.91. The predicted molar refractivity (Wildman–Crippen MR) is 99.4 cm³/mol. The van der Waals surface area contributed by atoms with E-state index < -0.39 is 0 Å². The van der Waals surface area contributed by atoms with Crippen molar-refractivity contribution in [3.05, 3.63) is 35.8 Å². The number of hydrogen-bond acceptors (Lipinski definition) is 4. The number of nitrogens with zero attached hydrogens (tertiary/aromatic N) is 7. The van der Waals surface area contributed by atoms with E-state index in [0.29, 0.717) is 30.5 Å². The van der Waals surface area contributed by atoms with Gasteiger partial charge in [-0.2, -0.15) is 10.2 Å². The third-order valence-electron chi connectivity index (χ3n) is 5.61. The lowest BCUT2D eigenvalue weighted by molar-refractivity contribution is 0.0580. The van der Waals surface area contributed by atoms with Gasteiger partial charge in [-0.3, -0.25) is 4.79 Å². The second-order valence-corrected chi connectivity index (χ2v) is 8.20. The number of amides is 1. The molecule has 0 N–H and O–H groups in total. The minimum Gasteiger partial charge on any atom is -0.334 e. The minimum absolute atomic E-state index is 0.0275. The lowest BCUT2D eigenvalue weighted by Gasteiger charge is -2.36. The lowest BCUT2D eigenvalue weighted by Crippen LogP contribution is -2.43. The SMILES string of the molecule is CC(C)C[C@H]1c2nc(C3CC3)nn2CCN1C(=O)c1cnn2ccn(C)c12. The van der Waals surface area contributed by atoms with Gasteiger partial charge in [-0.25, -0.2) is 14.2 Å². The summed E-state index contributed by atoms with van der Waals surface area (Å²) in [6.07, 6.45) is 8.71. The second-order valence-electron chi connectivity index (χ2n) is 8.20. The quantitative estimate of drug-likeness (QED) is 0.710. The highest BCUT2D eigenvalue weighted by molar-refractivity contribution is 6.00. The molecule has 2 aliphatic rings. The molecule has 8 nitrogen and oxygen atoms in total. The maximum absolute atomic E-state index is 13.5. The Morgan fingerprint density at radius 1 is 1.26 bits per heavy atom. The van der Waals surface area contributed by atoms with Crippen LogP contribution in [-0.2, 0) is 13.6 Å². The molecule has 1 saturated carbocycles. The molecule has 0 unspecified atom stereocenters. The number of carbonyl (C=O) groups excluding carboxylic acids is 1. The number of aryl methyl sites for hydroxylation is 1. The average Bonchev–Trinajstić information content (AvgIpc) is 3.10. The van der Waals surface area contributed by atoms with Crippen molar-refractivity contribution in [2.24, 2.45) is 13.0 Å². The van der Waals surface area contributed by atoms with Crippen LogP contribution in [0.25, 0.3) is 5.65 Å². The maximum Gasteiger partial charge on any atom is 0.259 e. The maximum atomic E-state index is 13.5. The Bertz CT molecular complexity index is 1010. The van der Waals surface area contributed by atoms with Gasteiger partial charge in [-0.15, -0.1) is 0 Å². The summed E-state index contributed by atoms with van der Waals surface area (Å²) < 4.78 is 5.72. The summed E-state index contributed by atoms with van der Waals surface area (Å²) >= 11 is 0. The van der Waals surface area contributed by atoms with Gasteiger partial charge in [0.05, 0.1) is 18.8 Å². The van der Waals surface area contributed by atoms with Crippen LogP contribution in [-0.4, -0.2) is 46.3 Å². The largest absolute Gasteiger partial charge is 0.334 e. The summed E-state index contributed by atoms with van der Waals surface area (Å²) in [6.45, 7) is 5.73. The number of carbonyl (C=O) groups is 1. The summed E-state index contributed by atoms with van der Waals surface area (Å²) in [5, 5.41) is 9.07. The van der Waals surface area contributed by atoms with Crippen molar-refractivity contribution in [3.63, 3.8) is 0 Å². The van der Waals surface area contributed by atoms with Crippen molar-refractivity contribution >= 4 is 11.6 Å². The van der Waals surface area contributed by atoms with Gasteiger partial charge in [-0.05, 0) is 25.2 Å². The highest BCUT2D eigenvalue weighted by atomic mass is 16.2. The van der Waals surface area contributed by atoms with E-state index in [1.54, 1.807) is 10.7 Å². The standard InChI is InChI=1S/C19H25N7O/c1-12(2)10-15-17-21-16(13-4-5-13)22-25(17)9-7-24(15)19(27)14-11-20-26-8-6-23(3)18(14)26/h6,8,11-13,15H,4-5,7,9-10H2,1-3H3/t15-/m0/s1. The fourth-order valence-electron chi connectivity index (χ4n) is 4.07. The molecule has 0 saturated heterocycles. The molecule has 1 aliphatic heterocycles. The Balaban J connectivity index is 1.53. The number of aromatic nitrogens is 6. The van der Waals surface area contributed by atoms with Crippen LogP contribution in [0.15, 0.2) is 18.6 Å². The van der Waals surface area contributed by atoms with Gasteiger partial charge >= 0.3 is 0 Å². The van der Waals surface area contributed by atoms with Gasteiger partial charge < -0.3 is 9.47 Å². The molecule has 0 radical (unpaired) electrons. The molecular weight excluding hydrogens is 342 g/mol. The Kier molecular flexibility index (Phi) is 3.63. The minimum atomic E-state index is -0.0403. The summed E-state index contributed by atoms with van der Waals surface area (Å²) in [4.78, 5) is 20.3. The van der Waals surface area contributed by atoms with Crippen LogP contribution in [0.1, 0.15) is 67.1 Å². The van der Waals surface area contributed by atoms with Gasteiger partial charge in [-0.1, -0.05) is 13.8 Å². The van der Waals surface area contributed by atoms with E-state index in [1.807, 2.05) is 33.6 Å². The molecule has 1 atom stereocenters. The predicted octanol–water partition coefficient (Wildman–Crippen LogP) is 2.38. The third kappa shape index (κ3) is 2.65. The highest BCUT2D eigenvalue weighted by Crippen LogP contribution is 2.40. The summed E-state index contributed by atoms with van der Waals surface area (Å²) in [7, 11) is 1.94. The fraction of sp³-hybridized carbons (Fsp3) is 0.579. The van der Waals surface area contributed by atoms with E-state index in [1.165, 1.54) is 12.8 Å².